The van der Waals surface area contributed by atoms with Gasteiger partial charge < -0.3 is 4.90 Å². The SMILES string of the molecule is CN(C)c1ncnc2c1CCN(S(=O)(=O)c1ccc(F)cc1)CC2. The summed E-state index contributed by atoms with van der Waals surface area (Å²) in [4.78, 5) is 10.6. The number of fused-ring (bicyclic) bond motifs is 1. The molecular formula is C16H19FN4O2S. The summed E-state index contributed by atoms with van der Waals surface area (Å²) in [6.07, 6.45) is 2.58. The van der Waals surface area contributed by atoms with E-state index in [4.69, 9.17) is 0 Å². The van der Waals surface area contributed by atoms with Crippen molar-refractivity contribution in [3.05, 3.63) is 47.7 Å². The summed E-state index contributed by atoms with van der Waals surface area (Å²) in [5.41, 5.74) is 1.87. The zero-order chi connectivity index (χ0) is 17.3. The standard InChI is InChI=1S/C16H19FN4O2S/c1-20(2)16-14-7-9-21(10-8-15(14)18-11-19-16)24(22,23)13-5-3-12(17)4-6-13/h3-6,11H,7-10H2,1-2H3. The van der Waals surface area contributed by atoms with Gasteiger partial charge in [-0.1, -0.05) is 0 Å². The smallest absolute Gasteiger partial charge is 0.243 e. The number of rotatable bonds is 3. The van der Waals surface area contributed by atoms with Crippen LogP contribution in [0.4, 0.5) is 10.2 Å². The zero-order valence-electron chi connectivity index (χ0n) is 13.6. The maximum Gasteiger partial charge on any atom is 0.243 e. The molecule has 2 aromatic rings. The van der Waals surface area contributed by atoms with Gasteiger partial charge in [0, 0.05) is 39.2 Å². The van der Waals surface area contributed by atoms with Crippen molar-refractivity contribution in [1.82, 2.24) is 14.3 Å². The van der Waals surface area contributed by atoms with E-state index >= 15 is 0 Å². The highest BCUT2D eigenvalue weighted by Crippen LogP contribution is 2.25. The lowest BCUT2D eigenvalue weighted by Gasteiger charge is -2.20. The Bertz CT molecular complexity index is 838. The van der Waals surface area contributed by atoms with E-state index in [0.717, 1.165) is 29.2 Å². The lowest BCUT2D eigenvalue weighted by molar-refractivity contribution is 0.426. The number of anilines is 1. The van der Waals surface area contributed by atoms with Crippen molar-refractivity contribution in [2.24, 2.45) is 0 Å². The summed E-state index contributed by atoms with van der Waals surface area (Å²) in [5.74, 6) is 0.365. The Balaban J connectivity index is 1.89. The van der Waals surface area contributed by atoms with Gasteiger partial charge in [-0.3, -0.25) is 0 Å². The first kappa shape index (κ1) is 16.8. The van der Waals surface area contributed by atoms with Crippen LogP contribution in [0, 0.1) is 5.82 Å². The Labute approximate surface area is 141 Å². The van der Waals surface area contributed by atoms with Crippen molar-refractivity contribution in [3.8, 4) is 0 Å². The second-order valence-corrected chi connectivity index (χ2v) is 7.81. The van der Waals surface area contributed by atoms with E-state index in [1.807, 2.05) is 19.0 Å². The molecule has 0 radical (unpaired) electrons. The highest BCUT2D eigenvalue weighted by Gasteiger charge is 2.28. The minimum absolute atomic E-state index is 0.105. The average Bonchev–Trinajstić information content (AvgIpc) is 2.77. The van der Waals surface area contributed by atoms with Crippen LogP contribution in [0.2, 0.25) is 0 Å². The topological polar surface area (TPSA) is 66.4 Å². The Kier molecular flexibility index (Phi) is 4.51. The van der Waals surface area contributed by atoms with E-state index in [1.54, 1.807) is 0 Å². The molecule has 0 N–H and O–H groups in total. The fourth-order valence-corrected chi connectivity index (χ4v) is 4.31. The molecule has 2 heterocycles. The average molecular weight is 350 g/mol. The second kappa shape index (κ2) is 6.45. The molecule has 24 heavy (non-hydrogen) atoms. The van der Waals surface area contributed by atoms with Crippen molar-refractivity contribution in [2.45, 2.75) is 17.7 Å². The summed E-state index contributed by atoms with van der Waals surface area (Å²) in [7, 11) is 0.159. The summed E-state index contributed by atoms with van der Waals surface area (Å²) in [6.45, 7) is 0.692. The summed E-state index contributed by atoms with van der Waals surface area (Å²) in [5, 5.41) is 0. The lowest BCUT2D eigenvalue weighted by atomic mass is 10.1. The Morgan fingerprint density at radius 3 is 2.42 bits per heavy atom. The third-order valence-electron chi connectivity index (χ3n) is 4.10. The van der Waals surface area contributed by atoms with Crippen molar-refractivity contribution in [3.63, 3.8) is 0 Å². The van der Waals surface area contributed by atoms with Crippen LogP contribution in [0.25, 0.3) is 0 Å². The minimum Gasteiger partial charge on any atom is -0.362 e. The third-order valence-corrected chi connectivity index (χ3v) is 6.01. The monoisotopic (exact) mass is 350 g/mol. The van der Waals surface area contributed by atoms with E-state index in [2.05, 4.69) is 9.97 Å². The minimum atomic E-state index is -3.65. The van der Waals surface area contributed by atoms with Crippen LogP contribution in [-0.2, 0) is 22.9 Å². The van der Waals surface area contributed by atoms with Gasteiger partial charge in [-0.05, 0) is 30.7 Å². The Morgan fingerprint density at radius 1 is 1.08 bits per heavy atom. The van der Waals surface area contributed by atoms with Gasteiger partial charge in [-0.2, -0.15) is 4.31 Å². The molecule has 1 aliphatic rings. The Hall–Kier alpha value is -2.06. The normalized spacial score (nSPS) is 15.6. The first-order valence-electron chi connectivity index (χ1n) is 7.65. The second-order valence-electron chi connectivity index (χ2n) is 5.87. The molecule has 0 spiro atoms. The largest absolute Gasteiger partial charge is 0.362 e. The quantitative estimate of drug-likeness (QED) is 0.839. The zero-order valence-corrected chi connectivity index (χ0v) is 14.4. The molecule has 1 aliphatic heterocycles. The molecule has 0 fully saturated rings. The van der Waals surface area contributed by atoms with Gasteiger partial charge in [0.2, 0.25) is 10.0 Å². The molecule has 0 saturated heterocycles. The van der Waals surface area contributed by atoms with Crippen LogP contribution in [0.3, 0.4) is 0 Å². The molecule has 0 unspecified atom stereocenters. The van der Waals surface area contributed by atoms with Gasteiger partial charge in [0.1, 0.15) is 18.0 Å². The fourth-order valence-electron chi connectivity index (χ4n) is 2.87. The molecule has 3 rings (SSSR count). The molecule has 1 aromatic heterocycles. The summed E-state index contributed by atoms with van der Waals surface area (Å²) < 4.78 is 40.0. The Morgan fingerprint density at radius 2 is 1.75 bits per heavy atom. The summed E-state index contributed by atoms with van der Waals surface area (Å²) >= 11 is 0. The van der Waals surface area contributed by atoms with Crippen molar-refractivity contribution in [1.29, 1.82) is 0 Å². The van der Waals surface area contributed by atoms with Gasteiger partial charge in [-0.25, -0.2) is 22.8 Å². The predicted octanol–water partition coefficient (Wildman–Crippen LogP) is 1.47. The van der Waals surface area contributed by atoms with Crippen LogP contribution in [0.5, 0.6) is 0 Å². The van der Waals surface area contributed by atoms with Crippen LogP contribution in [0.15, 0.2) is 35.5 Å². The van der Waals surface area contributed by atoms with Crippen LogP contribution < -0.4 is 4.90 Å². The number of sulfonamides is 1. The van der Waals surface area contributed by atoms with E-state index in [0.29, 0.717) is 25.9 Å². The molecule has 6 nitrogen and oxygen atoms in total. The van der Waals surface area contributed by atoms with E-state index in [-0.39, 0.29) is 4.90 Å². The first-order valence-corrected chi connectivity index (χ1v) is 9.09. The van der Waals surface area contributed by atoms with Gasteiger partial charge in [0.25, 0.3) is 0 Å². The molecule has 0 bridgehead atoms. The molecule has 0 aliphatic carbocycles. The number of halogens is 1. The van der Waals surface area contributed by atoms with E-state index < -0.39 is 15.8 Å². The van der Waals surface area contributed by atoms with Gasteiger partial charge >= 0.3 is 0 Å². The van der Waals surface area contributed by atoms with Crippen molar-refractivity contribution in [2.75, 3.05) is 32.1 Å². The maximum absolute atomic E-state index is 13.1. The van der Waals surface area contributed by atoms with Crippen LogP contribution in [0.1, 0.15) is 11.3 Å². The molecular weight excluding hydrogens is 331 g/mol. The molecule has 8 heteroatoms. The molecule has 128 valence electrons. The number of hydrogen-bond donors (Lipinski definition) is 0. The fraction of sp³-hybridized carbons (Fsp3) is 0.375. The van der Waals surface area contributed by atoms with Gasteiger partial charge in [-0.15, -0.1) is 0 Å². The first-order chi connectivity index (χ1) is 11.4. The highest BCUT2D eigenvalue weighted by molar-refractivity contribution is 7.89. The number of nitrogens with zero attached hydrogens (tertiary/aromatic N) is 4. The van der Waals surface area contributed by atoms with Crippen LogP contribution in [-0.4, -0.2) is 49.9 Å². The molecule has 0 amide bonds. The molecule has 0 saturated carbocycles. The van der Waals surface area contributed by atoms with E-state index in [9.17, 15) is 12.8 Å². The number of benzene rings is 1. The van der Waals surface area contributed by atoms with Crippen molar-refractivity contribution >= 4 is 15.8 Å². The van der Waals surface area contributed by atoms with Gasteiger partial charge in [0.15, 0.2) is 0 Å². The third kappa shape index (κ3) is 3.11. The molecule has 0 atom stereocenters. The maximum atomic E-state index is 13.1. The lowest BCUT2D eigenvalue weighted by Crippen LogP contribution is -2.33. The van der Waals surface area contributed by atoms with Crippen LogP contribution >= 0.6 is 0 Å². The summed E-state index contributed by atoms with van der Waals surface area (Å²) in [6, 6.07) is 4.92. The van der Waals surface area contributed by atoms with Crippen molar-refractivity contribution < 1.29 is 12.8 Å². The predicted molar refractivity (Wildman–Crippen MR) is 88.9 cm³/mol. The number of hydrogen-bond acceptors (Lipinski definition) is 5. The number of aromatic nitrogens is 2. The highest BCUT2D eigenvalue weighted by atomic mass is 32.2. The molecule has 1 aromatic carbocycles. The van der Waals surface area contributed by atoms with E-state index in [1.165, 1.54) is 22.8 Å². The van der Waals surface area contributed by atoms with Gasteiger partial charge in [0.05, 0.1) is 10.6 Å².